The Morgan fingerprint density at radius 2 is 1.72 bits per heavy atom. The molecule has 1 heterocycles. The minimum atomic E-state index is -0.310. The Balaban J connectivity index is 1.67. The number of nitrogens with one attached hydrogen (secondary N) is 2. The average molecular weight is 393 g/mol. The fraction of sp³-hybridized carbons (Fsp3) is 0.304. The highest BCUT2D eigenvalue weighted by atomic mass is 16.5. The van der Waals surface area contributed by atoms with Crippen molar-refractivity contribution in [3.63, 3.8) is 0 Å². The Kier molecular flexibility index (Phi) is 7.55. The van der Waals surface area contributed by atoms with E-state index in [0.29, 0.717) is 12.1 Å². The summed E-state index contributed by atoms with van der Waals surface area (Å²) in [5, 5.41) is 5.68. The van der Waals surface area contributed by atoms with Gasteiger partial charge in [0.1, 0.15) is 5.70 Å². The second kappa shape index (κ2) is 10.5. The average Bonchev–Trinajstić information content (AvgIpc) is 2.75. The number of morpholine rings is 1. The molecule has 29 heavy (non-hydrogen) atoms. The van der Waals surface area contributed by atoms with Crippen LogP contribution in [0.5, 0.6) is 0 Å². The van der Waals surface area contributed by atoms with Crippen LogP contribution in [-0.2, 0) is 9.53 Å². The van der Waals surface area contributed by atoms with Crippen LogP contribution in [0.15, 0.2) is 60.3 Å². The van der Waals surface area contributed by atoms with E-state index in [4.69, 9.17) is 4.74 Å². The Bertz CT molecular complexity index is 841. The number of hydrogen-bond donors (Lipinski definition) is 2. The third kappa shape index (κ3) is 6.55. The number of amides is 2. The minimum absolute atomic E-state index is 0.226. The molecule has 2 amide bonds. The zero-order valence-corrected chi connectivity index (χ0v) is 16.7. The fourth-order valence-electron chi connectivity index (χ4n) is 3.02. The van der Waals surface area contributed by atoms with Gasteiger partial charge in [-0.25, -0.2) is 0 Å². The number of rotatable bonds is 7. The largest absolute Gasteiger partial charge is 0.379 e. The topological polar surface area (TPSA) is 70.7 Å². The summed E-state index contributed by atoms with van der Waals surface area (Å²) in [4.78, 5) is 27.6. The lowest BCUT2D eigenvalue weighted by Gasteiger charge is -2.26. The summed E-state index contributed by atoms with van der Waals surface area (Å²) in [6, 6.07) is 16.7. The van der Waals surface area contributed by atoms with Crippen LogP contribution in [0.4, 0.5) is 0 Å². The van der Waals surface area contributed by atoms with Crippen LogP contribution < -0.4 is 10.6 Å². The maximum Gasteiger partial charge on any atom is 0.267 e. The third-order valence-electron chi connectivity index (χ3n) is 4.73. The summed E-state index contributed by atoms with van der Waals surface area (Å²) in [5.74, 6) is -0.613. The molecule has 6 heteroatoms. The van der Waals surface area contributed by atoms with E-state index in [-0.39, 0.29) is 17.5 Å². The number of carbonyl (C=O) groups excluding carboxylic acids is 2. The van der Waals surface area contributed by atoms with E-state index in [1.165, 1.54) is 0 Å². The van der Waals surface area contributed by atoms with E-state index in [0.717, 1.165) is 44.0 Å². The molecule has 0 radical (unpaired) electrons. The highest BCUT2D eigenvalue weighted by molar-refractivity contribution is 6.05. The standard InChI is InChI=1S/C23H27N3O3/c1-18-7-9-20(10-8-18)22(27)25-21(17-19-5-3-2-4-6-19)23(28)24-11-12-26-13-15-29-16-14-26/h2-10,17H,11-16H2,1H3,(H,24,28)(H,25,27)/b21-17-. The van der Waals surface area contributed by atoms with E-state index in [1.54, 1.807) is 18.2 Å². The van der Waals surface area contributed by atoms with Crippen molar-refractivity contribution in [2.75, 3.05) is 39.4 Å². The highest BCUT2D eigenvalue weighted by Crippen LogP contribution is 2.08. The molecule has 3 rings (SSSR count). The van der Waals surface area contributed by atoms with Crippen molar-refractivity contribution >= 4 is 17.9 Å². The maximum atomic E-state index is 12.8. The Hall–Kier alpha value is -2.96. The molecule has 152 valence electrons. The van der Waals surface area contributed by atoms with Crippen molar-refractivity contribution in [2.24, 2.45) is 0 Å². The van der Waals surface area contributed by atoms with Gasteiger partial charge < -0.3 is 15.4 Å². The molecule has 0 unspecified atom stereocenters. The number of nitrogens with zero attached hydrogens (tertiary/aromatic N) is 1. The quantitative estimate of drug-likeness (QED) is 0.708. The molecule has 0 atom stereocenters. The molecule has 0 aliphatic carbocycles. The van der Waals surface area contributed by atoms with E-state index in [2.05, 4.69) is 15.5 Å². The van der Waals surface area contributed by atoms with Crippen molar-refractivity contribution in [3.05, 3.63) is 77.0 Å². The monoisotopic (exact) mass is 393 g/mol. The van der Waals surface area contributed by atoms with Crippen molar-refractivity contribution in [2.45, 2.75) is 6.92 Å². The van der Waals surface area contributed by atoms with E-state index < -0.39 is 0 Å². The Labute approximate surface area is 171 Å². The van der Waals surface area contributed by atoms with Crippen LogP contribution in [0.25, 0.3) is 6.08 Å². The predicted octanol–water partition coefficient (Wildman–Crippen LogP) is 2.21. The number of benzene rings is 2. The SMILES string of the molecule is Cc1ccc(C(=O)N/C(=C\c2ccccc2)C(=O)NCCN2CCOCC2)cc1. The minimum Gasteiger partial charge on any atom is -0.379 e. The summed E-state index contributed by atoms with van der Waals surface area (Å²) in [6.07, 6.45) is 1.69. The van der Waals surface area contributed by atoms with Gasteiger partial charge in [-0.1, -0.05) is 48.0 Å². The molecule has 2 N–H and O–H groups in total. The third-order valence-corrected chi connectivity index (χ3v) is 4.73. The van der Waals surface area contributed by atoms with E-state index in [9.17, 15) is 9.59 Å². The first-order valence-electron chi connectivity index (χ1n) is 9.85. The fourth-order valence-corrected chi connectivity index (χ4v) is 3.02. The summed E-state index contributed by atoms with van der Waals surface area (Å²) in [7, 11) is 0. The van der Waals surface area contributed by atoms with Crippen LogP contribution in [0, 0.1) is 6.92 Å². The van der Waals surface area contributed by atoms with Crippen molar-refractivity contribution < 1.29 is 14.3 Å². The molecule has 1 fully saturated rings. The van der Waals surface area contributed by atoms with Gasteiger partial charge in [-0.15, -0.1) is 0 Å². The normalized spacial score (nSPS) is 15.0. The molecule has 0 bridgehead atoms. The smallest absolute Gasteiger partial charge is 0.267 e. The summed E-state index contributed by atoms with van der Waals surface area (Å²) < 4.78 is 5.34. The van der Waals surface area contributed by atoms with Crippen LogP contribution >= 0.6 is 0 Å². The molecule has 1 aliphatic rings. The summed E-state index contributed by atoms with van der Waals surface area (Å²) in [6.45, 7) is 6.40. The zero-order valence-electron chi connectivity index (χ0n) is 16.7. The number of carbonyl (C=O) groups is 2. The second-order valence-electron chi connectivity index (χ2n) is 7.00. The first-order valence-corrected chi connectivity index (χ1v) is 9.85. The molecule has 2 aromatic rings. The van der Waals surface area contributed by atoms with Crippen LogP contribution in [0.3, 0.4) is 0 Å². The lowest BCUT2D eigenvalue weighted by molar-refractivity contribution is -0.117. The molecule has 0 aromatic heterocycles. The molecule has 1 aliphatic heterocycles. The first-order chi connectivity index (χ1) is 14.1. The van der Waals surface area contributed by atoms with E-state index >= 15 is 0 Å². The molecule has 6 nitrogen and oxygen atoms in total. The lowest BCUT2D eigenvalue weighted by Crippen LogP contribution is -2.42. The van der Waals surface area contributed by atoms with Gasteiger partial charge in [-0.3, -0.25) is 14.5 Å². The van der Waals surface area contributed by atoms with Crippen molar-refractivity contribution in [1.82, 2.24) is 15.5 Å². The summed E-state index contributed by atoms with van der Waals surface area (Å²) >= 11 is 0. The van der Waals surface area contributed by atoms with Crippen LogP contribution in [0.2, 0.25) is 0 Å². The van der Waals surface area contributed by atoms with Crippen molar-refractivity contribution in [3.8, 4) is 0 Å². The van der Waals surface area contributed by atoms with Gasteiger partial charge in [-0.2, -0.15) is 0 Å². The van der Waals surface area contributed by atoms with Crippen LogP contribution in [-0.4, -0.2) is 56.1 Å². The number of aryl methyl sites for hydroxylation is 1. The lowest BCUT2D eigenvalue weighted by atomic mass is 10.1. The second-order valence-corrected chi connectivity index (χ2v) is 7.00. The first kappa shape index (κ1) is 20.8. The molecular formula is C23H27N3O3. The molecule has 1 saturated heterocycles. The molecular weight excluding hydrogens is 366 g/mol. The van der Waals surface area contributed by atoms with Gasteiger partial charge in [0.25, 0.3) is 11.8 Å². The van der Waals surface area contributed by atoms with Gasteiger partial charge in [0.05, 0.1) is 13.2 Å². The van der Waals surface area contributed by atoms with Gasteiger partial charge in [0.15, 0.2) is 0 Å². The number of hydrogen-bond acceptors (Lipinski definition) is 4. The predicted molar refractivity (Wildman–Crippen MR) is 113 cm³/mol. The molecule has 2 aromatic carbocycles. The maximum absolute atomic E-state index is 12.8. The highest BCUT2D eigenvalue weighted by Gasteiger charge is 2.15. The molecule has 0 spiro atoms. The van der Waals surface area contributed by atoms with E-state index in [1.807, 2.05) is 49.4 Å². The van der Waals surface area contributed by atoms with Gasteiger partial charge in [0, 0.05) is 31.7 Å². The van der Waals surface area contributed by atoms with Crippen molar-refractivity contribution in [1.29, 1.82) is 0 Å². The Morgan fingerprint density at radius 3 is 2.41 bits per heavy atom. The van der Waals surface area contributed by atoms with Gasteiger partial charge >= 0.3 is 0 Å². The summed E-state index contributed by atoms with van der Waals surface area (Å²) in [5.41, 5.74) is 2.65. The van der Waals surface area contributed by atoms with Gasteiger partial charge in [0.2, 0.25) is 0 Å². The molecule has 0 saturated carbocycles. The zero-order chi connectivity index (χ0) is 20.5. The Morgan fingerprint density at radius 1 is 1.03 bits per heavy atom. The van der Waals surface area contributed by atoms with Crippen LogP contribution in [0.1, 0.15) is 21.5 Å². The number of ether oxygens (including phenoxy) is 1. The van der Waals surface area contributed by atoms with Gasteiger partial charge in [-0.05, 0) is 30.7 Å².